The van der Waals surface area contributed by atoms with Gasteiger partial charge in [-0.05, 0) is 51.0 Å². The summed E-state index contributed by atoms with van der Waals surface area (Å²) in [5.41, 5.74) is 2.62. The maximum atomic E-state index is 12.6. The molecule has 0 radical (unpaired) electrons. The first-order valence-corrected chi connectivity index (χ1v) is 9.72. The lowest BCUT2D eigenvalue weighted by Gasteiger charge is -2.31. The second-order valence-electron chi connectivity index (χ2n) is 6.98. The van der Waals surface area contributed by atoms with Gasteiger partial charge in [0.2, 0.25) is 5.91 Å². The molecule has 0 atom stereocenters. The number of hydrogen-bond donors (Lipinski definition) is 2. The number of hydrogen-bond acceptors (Lipinski definition) is 3. The minimum atomic E-state index is -0.121. The minimum absolute atomic E-state index is 0.0225. The largest absolute Gasteiger partial charge is 0.492 e. The Bertz CT molecular complexity index is 812. The minimum Gasteiger partial charge on any atom is -0.492 e. The van der Waals surface area contributed by atoms with E-state index in [0.29, 0.717) is 44.0 Å². The molecular formula is C22H27N3O3. The van der Waals surface area contributed by atoms with Crippen LogP contribution < -0.4 is 15.4 Å². The van der Waals surface area contributed by atoms with Crippen LogP contribution in [-0.4, -0.2) is 36.5 Å². The lowest BCUT2D eigenvalue weighted by Crippen LogP contribution is -2.43. The second kappa shape index (κ2) is 9.26. The molecule has 2 aromatic carbocycles. The average molecular weight is 381 g/mol. The summed E-state index contributed by atoms with van der Waals surface area (Å²) in [5.74, 6) is 0.539. The van der Waals surface area contributed by atoms with Gasteiger partial charge in [-0.1, -0.05) is 29.8 Å². The first kappa shape index (κ1) is 19.7. The molecule has 6 heteroatoms. The van der Waals surface area contributed by atoms with Gasteiger partial charge in [-0.25, -0.2) is 4.79 Å². The summed E-state index contributed by atoms with van der Waals surface area (Å²) in [5, 5.41) is 5.89. The quantitative estimate of drug-likeness (QED) is 0.812. The Kier molecular flexibility index (Phi) is 6.53. The summed E-state index contributed by atoms with van der Waals surface area (Å²) < 4.78 is 5.56. The molecule has 0 unspecified atom stereocenters. The molecule has 28 heavy (non-hydrogen) atoms. The molecule has 0 bridgehead atoms. The Morgan fingerprint density at radius 1 is 1.04 bits per heavy atom. The highest BCUT2D eigenvalue weighted by molar-refractivity contribution is 5.94. The predicted molar refractivity (Wildman–Crippen MR) is 111 cm³/mol. The summed E-state index contributed by atoms with van der Waals surface area (Å²) >= 11 is 0. The van der Waals surface area contributed by atoms with E-state index in [0.717, 1.165) is 11.3 Å². The molecular weight excluding hydrogens is 354 g/mol. The summed E-state index contributed by atoms with van der Waals surface area (Å²) in [6, 6.07) is 15.0. The zero-order chi connectivity index (χ0) is 19.9. The van der Waals surface area contributed by atoms with E-state index in [1.165, 1.54) is 0 Å². The number of carbonyl (C=O) groups excluding carboxylic acids is 2. The van der Waals surface area contributed by atoms with Crippen molar-refractivity contribution in [1.29, 1.82) is 0 Å². The topological polar surface area (TPSA) is 70.7 Å². The number of amides is 3. The van der Waals surface area contributed by atoms with Crippen molar-refractivity contribution in [3.05, 3.63) is 54.1 Å². The first-order chi connectivity index (χ1) is 13.6. The van der Waals surface area contributed by atoms with Gasteiger partial charge >= 0.3 is 6.03 Å². The number of benzene rings is 2. The molecule has 1 heterocycles. The monoisotopic (exact) mass is 381 g/mol. The van der Waals surface area contributed by atoms with Crippen LogP contribution >= 0.6 is 0 Å². The summed E-state index contributed by atoms with van der Waals surface area (Å²) in [4.78, 5) is 26.8. The van der Waals surface area contributed by atoms with Crippen LogP contribution in [0, 0.1) is 12.8 Å². The smallest absolute Gasteiger partial charge is 0.321 e. The zero-order valence-corrected chi connectivity index (χ0v) is 16.4. The van der Waals surface area contributed by atoms with E-state index >= 15 is 0 Å². The lowest BCUT2D eigenvalue weighted by molar-refractivity contribution is -0.121. The molecule has 148 valence electrons. The van der Waals surface area contributed by atoms with Crippen LogP contribution in [-0.2, 0) is 4.79 Å². The summed E-state index contributed by atoms with van der Waals surface area (Å²) in [7, 11) is 0. The molecule has 2 N–H and O–H groups in total. The molecule has 3 rings (SSSR count). The number of nitrogens with zero attached hydrogens (tertiary/aromatic N) is 1. The molecule has 1 fully saturated rings. The lowest BCUT2D eigenvalue weighted by atomic mass is 9.96. The van der Waals surface area contributed by atoms with Gasteiger partial charge in [-0.3, -0.25) is 4.79 Å². The van der Waals surface area contributed by atoms with Gasteiger partial charge in [0.05, 0.1) is 12.3 Å². The van der Waals surface area contributed by atoms with Crippen LogP contribution in [0.5, 0.6) is 5.75 Å². The van der Waals surface area contributed by atoms with Gasteiger partial charge in [0.15, 0.2) is 0 Å². The third-order valence-electron chi connectivity index (χ3n) is 4.90. The van der Waals surface area contributed by atoms with E-state index in [2.05, 4.69) is 10.6 Å². The van der Waals surface area contributed by atoms with Gasteiger partial charge < -0.3 is 20.3 Å². The molecule has 1 saturated heterocycles. The molecule has 2 aromatic rings. The van der Waals surface area contributed by atoms with Crippen molar-refractivity contribution in [3.63, 3.8) is 0 Å². The van der Waals surface area contributed by atoms with Crippen molar-refractivity contribution in [1.82, 2.24) is 4.90 Å². The van der Waals surface area contributed by atoms with Crippen molar-refractivity contribution < 1.29 is 14.3 Å². The Hall–Kier alpha value is -3.02. The molecule has 0 aliphatic carbocycles. The number of rotatable bonds is 5. The van der Waals surface area contributed by atoms with Crippen molar-refractivity contribution in [2.45, 2.75) is 26.7 Å². The van der Waals surface area contributed by atoms with E-state index in [4.69, 9.17) is 4.74 Å². The Balaban J connectivity index is 1.51. The highest BCUT2D eigenvalue weighted by Crippen LogP contribution is 2.26. The predicted octanol–water partition coefficient (Wildman–Crippen LogP) is 4.28. The van der Waals surface area contributed by atoms with E-state index in [1.54, 1.807) is 4.90 Å². The molecule has 0 spiro atoms. The van der Waals surface area contributed by atoms with Crippen molar-refractivity contribution in [3.8, 4) is 5.75 Å². The summed E-state index contributed by atoms with van der Waals surface area (Å²) in [6.45, 7) is 5.58. The van der Waals surface area contributed by atoms with Crippen molar-refractivity contribution in [2.24, 2.45) is 5.92 Å². The average Bonchev–Trinajstić information content (AvgIpc) is 2.71. The fourth-order valence-electron chi connectivity index (χ4n) is 3.27. The molecule has 1 aliphatic rings. The summed E-state index contributed by atoms with van der Waals surface area (Å²) in [6.07, 6.45) is 1.29. The van der Waals surface area contributed by atoms with E-state index in [9.17, 15) is 9.59 Å². The highest BCUT2D eigenvalue weighted by Gasteiger charge is 2.27. The number of para-hydroxylation sites is 2. The Morgan fingerprint density at radius 3 is 2.39 bits per heavy atom. The molecule has 6 nitrogen and oxygen atoms in total. The van der Waals surface area contributed by atoms with Gasteiger partial charge in [-0.15, -0.1) is 0 Å². The van der Waals surface area contributed by atoms with Crippen molar-refractivity contribution in [2.75, 3.05) is 30.3 Å². The number of nitrogens with one attached hydrogen (secondary N) is 2. The fourth-order valence-corrected chi connectivity index (χ4v) is 3.27. The second-order valence-corrected chi connectivity index (χ2v) is 6.98. The number of aryl methyl sites for hydroxylation is 1. The van der Waals surface area contributed by atoms with E-state index in [1.807, 2.05) is 62.4 Å². The first-order valence-electron chi connectivity index (χ1n) is 9.72. The number of ether oxygens (including phenoxy) is 1. The number of carbonyl (C=O) groups is 2. The van der Waals surface area contributed by atoms with Gasteiger partial charge in [0, 0.05) is 24.7 Å². The molecule has 0 saturated carbocycles. The Labute approximate surface area is 165 Å². The van der Waals surface area contributed by atoms with Gasteiger partial charge in [-0.2, -0.15) is 0 Å². The SMILES string of the molecule is CCOc1ccccc1NC(=O)C1CCN(C(=O)Nc2ccc(C)cc2)CC1. The van der Waals surface area contributed by atoms with E-state index in [-0.39, 0.29) is 17.9 Å². The maximum Gasteiger partial charge on any atom is 0.321 e. The molecule has 0 aromatic heterocycles. The molecule has 1 aliphatic heterocycles. The number of urea groups is 1. The van der Waals surface area contributed by atoms with Crippen LogP contribution in [0.3, 0.4) is 0 Å². The zero-order valence-electron chi connectivity index (χ0n) is 16.4. The van der Waals surface area contributed by atoms with Gasteiger partial charge in [0.1, 0.15) is 5.75 Å². The maximum absolute atomic E-state index is 12.6. The number of anilines is 2. The fraction of sp³-hybridized carbons (Fsp3) is 0.364. The molecule has 3 amide bonds. The van der Waals surface area contributed by atoms with Crippen LogP contribution in [0.15, 0.2) is 48.5 Å². The third-order valence-corrected chi connectivity index (χ3v) is 4.90. The van der Waals surface area contributed by atoms with E-state index < -0.39 is 0 Å². The normalized spacial score (nSPS) is 14.4. The highest BCUT2D eigenvalue weighted by atomic mass is 16.5. The van der Waals surface area contributed by atoms with Crippen LogP contribution in [0.4, 0.5) is 16.2 Å². The van der Waals surface area contributed by atoms with Crippen LogP contribution in [0.1, 0.15) is 25.3 Å². The Morgan fingerprint density at radius 2 is 1.71 bits per heavy atom. The third kappa shape index (κ3) is 5.03. The van der Waals surface area contributed by atoms with Crippen molar-refractivity contribution >= 4 is 23.3 Å². The van der Waals surface area contributed by atoms with Gasteiger partial charge in [0.25, 0.3) is 0 Å². The number of likely N-dealkylation sites (tertiary alicyclic amines) is 1. The standard InChI is InChI=1S/C22H27N3O3/c1-3-28-20-7-5-4-6-19(20)24-21(26)17-12-14-25(15-13-17)22(27)23-18-10-8-16(2)9-11-18/h4-11,17H,3,12-15H2,1-2H3,(H,23,27)(H,24,26). The number of piperidine rings is 1. The van der Waals surface area contributed by atoms with Crippen LogP contribution in [0.25, 0.3) is 0 Å². The van der Waals surface area contributed by atoms with Crippen LogP contribution in [0.2, 0.25) is 0 Å².